The van der Waals surface area contributed by atoms with Crippen LogP contribution in [0.15, 0.2) is 12.5 Å². The minimum atomic E-state index is -1.34. The number of aliphatic carboxylic acids is 1. The molecule has 0 aliphatic carbocycles. The van der Waals surface area contributed by atoms with E-state index in [1.165, 1.54) is 24.3 Å². The molecule has 0 bridgehead atoms. The summed E-state index contributed by atoms with van der Waals surface area (Å²) in [7, 11) is 0. The first-order chi connectivity index (χ1) is 16.1. The van der Waals surface area contributed by atoms with Gasteiger partial charge < -0.3 is 42.6 Å². The first-order valence-corrected chi connectivity index (χ1v) is 11.7. The van der Waals surface area contributed by atoms with Gasteiger partial charge in [0.25, 0.3) is 0 Å². The number of aromatic nitrogens is 2. The van der Waals surface area contributed by atoms with E-state index < -0.39 is 60.4 Å². The quantitative estimate of drug-likeness (QED) is 0.113. The maximum Gasteiger partial charge on any atom is 0.326 e. The Morgan fingerprint density at radius 1 is 1.06 bits per heavy atom. The van der Waals surface area contributed by atoms with Crippen LogP contribution >= 0.6 is 11.8 Å². The Labute approximate surface area is 200 Å². The molecule has 4 atom stereocenters. The third-order valence-corrected chi connectivity index (χ3v) is 5.33. The van der Waals surface area contributed by atoms with Crippen molar-refractivity contribution >= 4 is 41.4 Å². The molecule has 0 fully saturated rings. The van der Waals surface area contributed by atoms with Gasteiger partial charge >= 0.3 is 5.97 Å². The molecule has 4 unspecified atom stereocenters. The Bertz CT molecular complexity index is 837. The number of primary amides is 1. The van der Waals surface area contributed by atoms with Gasteiger partial charge in [0.1, 0.15) is 24.2 Å². The molecular formula is C19H31N7O7S. The smallest absolute Gasteiger partial charge is 0.326 e. The van der Waals surface area contributed by atoms with Crippen molar-refractivity contribution in [3.05, 3.63) is 18.2 Å². The van der Waals surface area contributed by atoms with Gasteiger partial charge in [-0.1, -0.05) is 0 Å². The van der Waals surface area contributed by atoms with Crippen LogP contribution in [0.25, 0.3) is 0 Å². The van der Waals surface area contributed by atoms with Crippen molar-refractivity contribution in [3.8, 4) is 0 Å². The Morgan fingerprint density at radius 2 is 1.65 bits per heavy atom. The lowest BCUT2D eigenvalue weighted by Crippen LogP contribution is -2.57. The van der Waals surface area contributed by atoms with Crippen molar-refractivity contribution in [1.82, 2.24) is 25.9 Å². The third-order valence-electron chi connectivity index (χ3n) is 4.68. The standard InChI is InChI=1S/C19H31N7O7S/c1-34-5-4-13(24-16(29)11(20)8-27)18(31)25-12(2-3-15(21)28)17(30)26-14(19(32)33)6-10-7-22-9-23-10/h7,9,11-14,27H,2-6,8,20H2,1H3,(H2,21,28)(H,22,23)(H,24,29)(H,25,31)(H,26,30)(H,32,33). The molecule has 0 saturated carbocycles. The number of hydrogen-bond donors (Lipinski definition) is 8. The van der Waals surface area contributed by atoms with Crippen LogP contribution in [0.5, 0.6) is 0 Å². The van der Waals surface area contributed by atoms with Crippen LogP contribution in [0.4, 0.5) is 0 Å². The molecule has 190 valence electrons. The predicted molar refractivity (Wildman–Crippen MR) is 122 cm³/mol. The molecule has 0 aromatic carbocycles. The fourth-order valence-corrected chi connectivity index (χ4v) is 3.25. The number of nitrogens with one attached hydrogen (secondary N) is 4. The highest BCUT2D eigenvalue weighted by molar-refractivity contribution is 7.98. The maximum absolute atomic E-state index is 12.9. The van der Waals surface area contributed by atoms with Crippen molar-refractivity contribution in [2.75, 3.05) is 18.6 Å². The van der Waals surface area contributed by atoms with Gasteiger partial charge in [0.05, 0.1) is 12.9 Å². The second kappa shape index (κ2) is 14.9. The summed E-state index contributed by atoms with van der Waals surface area (Å²) in [5.41, 5.74) is 11.1. The van der Waals surface area contributed by atoms with Crippen LogP contribution in [-0.2, 0) is 30.4 Å². The lowest BCUT2D eigenvalue weighted by Gasteiger charge is -2.25. The number of aliphatic hydroxyl groups is 1. The van der Waals surface area contributed by atoms with E-state index in [4.69, 9.17) is 16.6 Å². The first-order valence-electron chi connectivity index (χ1n) is 10.3. The summed E-state index contributed by atoms with van der Waals surface area (Å²) < 4.78 is 0. The Kier molecular flexibility index (Phi) is 12.6. The first kappa shape index (κ1) is 28.9. The summed E-state index contributed by atoms with van der Waals surface area (Å²) in [6.45, 7) is -0.626. The Morgan fingerprint density at radius 3 is 2.15 bits per heavy atom. The molecule has 14 nitrogen and oxygen atoms in total. The molecule has 0 aliphatic rings. The normalized spacial score (nSPS) is 14.3. The van der Waals surface area contributed by atoms with Gasteiger partial charge in [-0.05, 0) is 24.9 Å². The lowest BCUT2D eigenvalue weighted by atomic mass is 10.1. The SMILES string of the molecule is CSCCC(NC(=O)C(N)CO)C(=O)NC(CCC(N)=O)C(=O)NC(Cc1cnc[nH]1)C(=O)O. The number of carbonyl (C=O) groups excluding carboxylic acids is 4. The molecule has 0 saturated heterocycles. The van der Waals surface area contributed by atoms with Crippen LogP contribution in [0.3, 0.4) is 0 Å². The number of carboxylic acids is 1. The molecular weight excluding hydrogens is 470 g/mol. The zero-order valence-electron chi connectivity index (χ0n) is 18.7. The number of carbonyl (C=O) groups is 5. The van der Waals surface area contributed by atoms with Gasteiger partial charge in [-0.15, -0.1) is 0 Å². The van der Waals surface area contributed by atoms with Gasteiger partial charge in [0.15, 0.2) is 0 Å². The van der Waals surface area contributed by atoms with E-state index in [0.29, 0.717) is 11.4 Å². The topological polar surface area (TPSA) is 243 Å². The van der Waals surface area contributed by atoms with E-state index in [0.717, 1.165) is 0 Å². The van der Waals surface area contributed by atoms with Crippen LogP contribution < -0.4 is 27.4 Å². The highest BCUT2D eigenvalue weighted by Gasteiger charge is 2.30. The van der Waals surface area contributed by atoms with E-state index in [2.05, 4.69) is 25.9 Å². The minimum absolute atomic E-state index is 0.0942. The third kappa shape index (κ3) is 10.2. The van der Waals surface area contributed by atoms with Crippen molar-refractivity contribution in [1.29, 1.82) is 0 Å². The summed E-state index contributed by atoms with van der Waals surface area (Å²) in [5.74, 6) is -3.89. The molecule has 0 radical (unpaired) electrons. The number of hydrogen-bond acceptors (Lipinski definition) is 9. The van der Waals surface area contributed by atoms with E-state index in [-0.39, 0.29) is 25.7 Å². The highest BCUT2D eigenvalue weighted by atomic mass is 32.2. The predicted octanol–water partition coefficient (Wildman–Crippen LogP) is -3.17. The summed E-state index contributed by atoms with van der Waals surface area (Å²) in [6.07, 6.45) is 4.21. The van der Waals surface area contributed by atoms with Crippen molar-refractivity contribution < 1.29 is 34.2 Å². The van der Waals surface area contributed by atoms with Gasteiger partial charge in [0.2, 0.25) is 23.6 Å². The Hall–Kier alpha value is -3.17. The number of nitrogens with zero attached hydrogens (tertiary/aromatic N) is 1. The summed E-state index contributed by atoms with van der Waals surface area (Å²) in [5, 5.41) is 25.7. The summed E-state index contributed by atoms with van der Waals surface area (Å²) >= 11 is 1.42. The molecule has 1 heterocycles. The summed E-state index contributed by atoms with van der Waals surface area (Å²) in [4.78, 5) is 67.2. The van der Waals surface area contributed by atoms with E-state index in [1.54, 1.807) is 6.26 Å². The molecule has 0 spiro atoms. The molecule has 0 aliphatic heterocycles. The van der Waals surface area contributed by atoms with Gasteiger partial charge in [-0.2, -0.15) is 11.8 Å². The second-order valence-corrected chi connectivity index (χ2v) is 8.36. The fourth-order valence-electron chi connectivity index (χ4n) is 2.78. The Balaban J connectivity index is 2.97. The highest BCUT2D eigenvalue weighted by Crippen LogP contribution is 2.06. The van der Waals surface area contributed by atoms with Crippen molar-refractivity contribution in [2.24, 2.45) is 11.5 Å². The average molecular weight is 502 g/mol. The molecule has 4 amide bonds. The molecule has 1 rings (SSSR count). The minimum Gasteiger partial charge on any atom is -0.480 e. The monoisotopic (exact) mass is 501 g/mol. The number of carboxylic acid groups (broad SMARTS) is 1. The van der Waals surface area contributed by atoms with Crippen LogP contribution in [0.1, 0.15) is 25.0 Å². The number of amides is 4. The van der Waals surface area contributed by atoms with Gasteiger partial charge in [-0.3, -0.25) is 19.2 Å². The lowest BCUT2D eigenvalue weighted by molar-refractivity contribution is -0.142. The average Bonchev–Trinajstić information content (AvgIpc) is 3.30. The van der Waals surface area contributed by atoms with Gasteiger partial charge in [-0.25, -0.2) is 9.78 Å². The van der Waals surface area contributed by atoms with Crippen LogP contribution in [-0.4, -0.2) is 92.6 Å². The van der Waals surface area contributed by atoms with E-state index in [9.17, 15) is 29.1 Å². The number of imidazole rings is 1. The fraction of sp³-hybridized carbons (Fsp3) is 0.579. The number of rotatable bonds is 16. The van der Waals surface area contributed by atoms with Crippen molar-refractivity contribution in [2.45, 2.75) is 49.9 Å². The zero-order chi connectivity index (χ0) is 25.7. The maximum atomic E-state index is 12.9. The van der Waals surface area contributed by atoms with Gasteiger partial charge in [0, 0.05) is 24.7 Å². The number of H-pyrrole nitrogens is 1. The number of nitrogens with two attached hydrogens (primary N) is 2. The number of aromatic amines is 1. The number of aliphatic hydroxyl groups excluding tert-OH is 1. The second-order valence-electron chi connectivity index (χ2n) is 7.38. The van der Waals surface area contributed by atoms with E-state index >= 15 is 0 Å². The number of thioether (sulfide) groups is 1. The molecule has 10 N–H and O–H groups in total. The van der Waals surface area contributed by atoms with E-state index in [1.807, 2.05) is 0 Å². The van der Waals surface area contributed by atoms with Crippen LogP contribution in [0.2, 0.25) is 0 Å². The molecule has 1 aromatic heterocycles. The van der Waals surface area contributed by atoms with Crippen molar-refractivity contribution in [3.63, 3.8) is 0 Å². The molecule has 34 heavy (non-hydrogen) atoms. The molecule has 1 aromatic rings. The largest absolute Gasteiger partial charge is 0.480 e. The van der Waals surface area contributed by atoms with Crippen LogP contribution in [0, 0.1) is 0 Å². The molecule has 15 heteroatoms. The summed E-state index contributed by atoms with van der Waals surface area (Å²) in [6, 6.07) is -4.96. The zero-order valence-corrected chi connectivity index (χ0v) is 19.5.